The SMILES string of the molecule is Br.CCN(C)C.N. The van der Waals surface area contributed by atoms with Crippen LogP contribution in [0.5, 0.6) is 0 Å². The Morgan fingerprint density at radius 1 is 1.29 bits per heavy atom. The molecule has 0 aromatic carbocycles. The zero-order valence-corrected chi connectivity index (χ0v) is 6.98. The van der Waals surface area contributed by atoms with E-state index in [0.717, 1.165) is 6.54 Å². The summed E-state index contributed by atoms with van der Waals surface area (Å²) < 4.78 is 0. The quantitative estimate of drug-likeness (QED) is 0.645. The Hall–Kier alpha value is 0.400. The summed E-state index contributed by atoms with van der Waals surface area (Å²) in [6, 6.07) is 0. The lowest BCUT2D eigenvalue weighted by Gasteiger charge is -2.00. The van der Waals surface area contributed by atoms with Crippen LogP contribution < -0.4 is 6.15 Å². The van der Waals surface area contributed by atoms with Gasteiger partial charge in [0.15, 0.2) is 0 Å². The van der Waals surface area contributed by atoms with Crippen LogP contribution in [0.1, 0.15) is 6.92 Å². The van der Waals surface area contributed by atoms with Gasteiger partial charge in [-0.15, -0.1) is 17.0 Å². The molecule has 0 aromatic heterocycles. The van der Waals surface area contributed by atoms with Gasteiger partial charge in [-0.05, 0) is 20.6 Å². The van der Waals surface area contributed by atoms with Crippen LogP contribution in [0.2, 0.25) is 0 Å². The lowest BCUT2D eigenvalue weighted by molar-refractivity contribution is 0.434. The molecule has 0 unspecified atom stereocenters. The molecular weight excluding hydrogens is 156 g/mol. The van der Waals surface area contributed by atoms with Crippen LogP contribution in [0.4, 0.5) is 0 Å². The van der Waals surface area contributed by atoms with Crippen molar-refractivity contribution in [3.05, 3.63) is 0 Å². The molecule has 0 saturated carbocycles. The average Bonchev–Trinajstić information content (AvgIpc) is 1.38. The fraction of sp³-hybridized carbons (Fsp3) is 1.00. The molecule has 0 aliphatic heterocycles. The van der Waals surface area contributed by atoms with Crippen molar-refractivity contribution < 1.29 is 0 Å². The summed E-state index contributed by atoms with van der Waals surface area (Å²) in [5.41, 5.74) is 0. The summed E-state index contributed by atoms with van der Waals surface area (Å²) in [4.78, 5) is 2.12. The molecule has 0 spiro atoms. The second-order valence-corrected chi connectivity index (χ2v) is 1.40. The zero-order valence-electron chi connectivity index (χ0n) is 5.27. The Balaban J connectivity index is -0.0000000800. The molecule has 0 heterocycles. The van der Waals surface area contributed by atoms with Crippen LogP contribution in [0.15, 0.2) is 0 Å². The van der Waals surface area contributed by atoms with E-state index in [1.54, 1.807) is 0 Å². The van der Waals surface area contributed by atoms with Gasteiger partial charge in [-0.3, -0.25) is 0 Å². The number of hydrogen-bond donors (Lipinski definition) is 1. The molecule has 0 bridgehead atoms. The van der Waals surface area contributed by atoms with Crippen molar-refractivity contribution >= 4 is 17.0 Å². The minimum Gasteiger partial charge on any atom is -0.344 e. The largest absolute Gasteiger partial charge is 0.344 e. The first-order valence-electron chi connectivity index (χ1n) is 1.92. The molecule has 0 amide bonds. The van der Waals surface area contributed by atoms with Gasteiger partial charge in [-0.1, -0.05) is 6.92 Å². The van der Waals surface area contributed by atoms with Gasteiger partial charge in [-0.2, -0.15) is 0 Å². The maximum atomic E-state index is 2.12. The fourth-order valence-electron chi connectivity index (χ4n) is 0. The van der Waals surface area contributed by atoms with Crippen molar-refractivity contribution in [2.45, 2.75) is 6.92 Å². The topological polar surface area (TPSA) is 38.2 Å². The highest BCUT2D eigenvalue weighted by Crippen LogP contribution is 1.63. The van der Waals surface area contributed by atoms with Crippen LogP contribution in [0.25, 0.3) is 0 Å². The van der Waals surface area contributed by atoms with E-state index in [1.165, 1.54) is 0 Å². The van der Waals surface area contributed by atoms with E-state index in [9.17, 15) is 0 Å². The third kappa shape index (κ3) is 21.5. The molecule has 0 rings (SSSR count). The van der Waals surface area contributed by atoms with Crippen molar-refractivity contribution in [3.63, 3.8) is 0 Å². The summed E-state index contributed by atoms with van der Waals surface area (Å²) in [6.45, 7) is 3.26. The van der Waals surface area contributed by atoms with Gasteiger partial charge in [0, 0.05) is 0 Å². The molecule has 0 fully saturated rings. The summed E-state index contributed by atoms with van der Waals surface area (Å²) in [6.07, 6.45) is 0. The lowest BCUT2D eigenvalue weighted by atomic mass is 10.7. The summed E-state index contributed by atoms with van der Waals surface area (Å²) >= 11 is 0. The Kier molecular flexibility index (Phi) is 21.6. The van der Waals surface area contributed by atoms with Crippen LogP contribution in [0, 0.1) is 0 Å². The molecule has 0 radical (unpaired) electrons. The summed E-state index contributed by atoms with van der Waals surface area (Å²) in [5, 5.41) is 0. The molecule has 3 N–H and O–H groups in total. The van der Waals surface area contributed by atoms with Crippen LogP contribution in [-0.4, -0.2) is 25.5 Å². The van der Waals surface area contributed by atoms with E-state index < -0.39 is 0 Å². The number of nitrogens with zero attached hydrogens (tertiary/aromatic N) is 1. The van der Waals surface area contributed by atoms with E-state index in [1.807, 2.05) is 0 Å². The Morgan fingerprint density at radius 3 is 1.43 bits per heavy atom. The van der Waals surface area contributed by atoms with Gasteiger partial charge in [0.2, 0.25) is 0 Å². The molecule has 7 heavy (non-hydrogen) atoms. The molecule has 48 valence electrons. The Labute approximate surface area is 56.2 Å². The number of rotatable bonds is 1. The number of hydrogen-bond acceptors (Lipinski definition) is 2. The molecule has 3 heteroatoms. The first-order valence-corrected chi connectivity index (χ1v) is 1.92. The lowest BCUT2D eigenvalue weighted by Crippen LogP contribution is -2.08. The van der Waals surface area contributed by atoms with Crippen LogP contribution in [0.3, 0.4) is 0 Å². The third-order valence-corrected chi connectivity index (χ3v) is 0.632. The second kappa shape index (κ2) is 9.64. The molecule has 0 aliphatic carbocycles. The zero-order chi connectivity index (χ0) is 4.28. The van der Waals surface area contributed by atoms with Gasteiger partial charge in [-0.25, -0.2) is 0 Å². The molecule has 0 saturated heterocycles. The first kappa shape index (κ1) is 15.7. The van der Waals surface area contributed by atoms with Crippen molar-refractivity contribution in [3.8, 4) is 0 Å². The Morgan fingerprint density at radius 2 is 1.43 bits per heavy atom. The smallest absolute Gasteiger partial charge is 0.00533 e. The molecular formula is C4H15BrN2. The average molecular weight is 171 g/mol. The second-order valence-electron chi connectivity index (χ2n) is 1.40. The first-order chi connectivity index (χ1) is 2.27. The van der Waals surface area contributed by atoms with Crippen LogP contribution >= 0.6 is 17.0 Å². The van der Waals surface area contributed by atoms with Crippen molar-refractivity contribution in [1.82, 2.24) is 11.1 Å². The van der Waals surface area contributed by atoms with Crippen molar-refractivity contribution in [1.29, 1.82) is 0 Å². The normalized spacial score (nSPS) is 6.86. The fourth-order valence-corrected chi connectivity index (χ4v) is 0. The highest BCUT2D eigenvalue weighted by atomic mass is 79.9. The van der Waals surface area contributed by atoms with Gasteiger partial charge in [0.1, 0.15) is 0 Å². The maximum absolute atomic E-state index is 2.12. The van der Waals surface area contributed by atoms with Crippen molar-refractivity contribution in [2.24, 2.45) is 0 Å². The predicted molar refractivity (Wildman–Crippen MR) is 39.6 cm³/mol. The molecule has 0 atom stereocenters. The highest BCUT2D eigenvalue weighted by Gasteiger charge is 1.72. The van der Waals surface area contributed by atoms with E-state index >= 15 is 0 Å². The van der Waals surface area contributed by atoms with Gasteiger partial charge < -0.3 is 11.1 Å². The predicted octanol–water partition coefficient (Wildman–Crippen LogP) is 1.31. The molecule has 0 aromatic rings. The van der Waals surface area contributed by atoms with Gasteiger partial charge in [0.25, 0.3) is 0 Å². The summed E-state index contributed by atoms with van der Waals surface area (Å²) in [7, 11) is 4.11. The standard InChI is InChI=1S/C4H11N.BrH.H3N/c1-4-5(2)3;;/h4H2,1-3H3;1H;1H3. The maximum Gasteiger partial charge on any atom is -0.00533 e. The van der Waals surface area contributed by atoms with Crippen molar-refractivity contribution in [2.75, 3.05) is 20.6 Å². The minimum atomic E-state index is 0. The minimum absolute atomic E-state index is 0. The third-order valence-electron chi connectivity index (χ3n) is 0.632. The summed E-state index contributed by atoms with van der Waals surface area (Å²) in [5.74, 6) is 0. The monoisotopic (exact) mass is 170 g/mol. The van der Waals surface area contributed by atoms with Gasteiger partial charge in [0.05, 0.1) is 0 Å². The Bertz CT molecular complexity index is 23.7. The molecule has 0 aliphatic rings. The van der Waals surface area contributed by atoms with E-state index in [4.69, 9.17) is 0 Å². The number of halogens is 1. The van der Waals surface area contributed by atoms with E-state index in [-0.39, 0.29) is 23.1 Å². The van der Waals surface area contributed by atoms with Crippen LogP contribution in [-0.2, 0) is 0 Å². The van der Waals surface area contributed by atoms with E-state index in [2.05, 4.69) is 25.9 Å². The van der Waals surface area contributed by atoms with Gasteiger partial charge >= 0.3 is 0 Å². The van der Waals surface area contributed by atoms with E-state index in [0.29, 0.717) is 0 Å². The highest BCUT2D eigenvalue weighted by molar-refractivity contribution is 8.93. The molecule has 2 nitrogen and oxygen atoms in total.